The first-order valence-electron chi connectivity index (χ1n) is 9.76. The van der Waals surface area contributed by atoms with Crippen molar-refractivity contribution in [3.8, 4) is 17.2 Å². The number of hydrogen-bond donors (Lipinski definition) is 1. The summed E-state index contributed by atoms with van der Waals surface area (Å²) in [6, 6.07) is 21.7. The Labute approximate surface area is 183 Å². The molecule has 0 aliphatic rings. The standard InChI is InChI=1S/C25H18ClFN2O2/c26-22-13-16(8-9-23(22)27)12-19-15-21-20(6-2-7-24(21)31-19)17-4-1-5-18(14-17)25(30)29-11-3-10-28/h1-2,4-9,13-15H,3,11-12H2,(H,29,30). The molecule has 154 valence electrons. The number of fused-ring (bicyclic) bond motifs is 1. The molecular weight excluding hydrogens is 415 g/mol. The van der Waals surface area contributed by atoms with Crippen LogP contribution >= 0.6 is 11.6 Å². The summed E-state index contributed by atoms with van der Waals surface area (Å²) in [5.74, 6) is 0.0646. The Balaban J connectivity index is 1.64. The molecule has 1 amide bonds. The number of carbonyl (C=O) groups is 1. The molecule has 0 unspecified atom stereocenters. The fraction of sp³-hybridized carbons (Fsp3) is 0.120. The SMILES string of the molecule is N#CCCNC(=O)c1cccc(-c2cccc3oc(Cc4ccc(F)c(Cl)c4)cc23)c1. The minimum absolute atomic E-state index is 0.0826. The monoisotopic (exact) mass is 432 g/mol. The number of benzene rings is 3. The van der Waals surface area contributed by atoms with Crippen LogP contribution in [0.2, 0.25) is 5.02 Å². The average Bonchev–Trinajstić information content (AvgIpc) is 3.19. The number of nitriles is 1. The average molecular weight is 433 g/mol. The Morgan fingerprint density at radius 3 is 2.74 bits per heavy atom. The van der Waals surface area contributed by atoms with Gasteiger partial charge in [-0.3, -0.25) is 4.79 Å². The van der Waals surface area contributed by atoms with Crippen LogP contribution in [0.5, 0.6) is 0 Å². The van der Waals surface area contributed by atoms with Crippen LogP contribution in [0.15, 0.2) is 71.1 Å². The van der Waals surface area contributed by atoms with E-state index in [2.05, 4.69) is 5.32 Å². The van der Waals surface area contributed by atoms with Gasteiger partial charge in [0, 0.05) is 23.9 Å². The van der Waals surface area contributed by atoms with Crippen LogP contribution in [0.1, 0.15) is 28.1 Å². The minimum atomic E-state index is -0.450. The molecule has 4 rings (SSSR count). The summed E-state index contributed by atoms with van der Waals surface area (Å²) in [4.78, 5) is 12.3. The van der Waals surface area contributed by atoms with Crippen LogP contribution in [0.4, 0.5) is 4.39 Å². The van der Waals surface area contributed by atoms with Crippen molar-refractivity contribution < 1.29 is 13.6 Å². The number of nitrogens with one attached hydrogen (secondary N) is 1. The van der Waals surface area contributed by atoms with Gasteiger partial charge in [-0.2, -0.15) is 5.26 Å². The molecule has 0 fully saturated rings. The third kappa shape index (κ3) is 4.60. The van der Waals surface area contributed by atoms with Gasteiger partial charge >= 0.3 is 0 Å². The van der Waals surface area contributed by atoms with Gasteiger partial charge in [0.15, 0.2) is 0 Å². The van der Waals surface area contributed by atoms with Gasteiger partial charge in [-0.15, -0.1) is 0 Å². The molecule has 0 bridgehead atoms. The number of nitrogens with zero attached hydrogens (tertiary/aromatic N) is 1. The lowest BCUT2D eigenvalue weighted by molar-refractivity contribution is 0.0954. The predicted octanol–water partition coefficient (Wildman–Crippen LogP) is 6.13. The van der Waals surface area contributed by atoms with E-state index in [-0.39, 0.29) is 17.4 Å². The van der Waals surface area contributed by atoms with Crippen molar-refractivity contribution in [1.82, 2.24) is 5.32 Å². The molecule has 0 atom stereocenters. The molecular formula is C25H18ClFN2O2. The van der Waals surface area contributed by atoms with Gasteiger partial charge in [0.1, 0.15) is 17.2 Å². The Morgan fingerprint density at radius 1 is 1.10 bits per heavy atom. The Bertz CT molecular complexity index is 1310. The summed E-state index contributed by atoms with van der Waals surface area (Å²) >= 11 is 5.89. The molecule has 1 N–H and O–H groups in total. The third-order valence-corrected chi connectivity index (χ3v) is 5.22. The molecule has 0 saturated carbocycles. The summed E-state index contributed by atoms with van der Waals surface area (Å²) in [6.07, 6.45) is 0.747. The first-order valence-corrected chi connectivity index (χ1v) is 10.1. The molecule has 0 aliphatic carbocycles. The van der Waals surface area contributed by atoms with Crippen molar-refractivity contribution in [2.24, 2.45) is 0 Å². The first kappa shape index (κ1) is 20.6. The molecule has 1 aromatic heterocycles. The maximum atomic E-state index is 13.4. The second-order valence-corrected chi connectivity index (χ2v) is 7.51. The molecule has 4 nitrogen and oxygen atoms in total. The van der Waals surface area contributed by atoms with Crippen LogP contribution in [0.3, 0.4) is 0 Å². The first-order chi connectivity index (χ1) is 15.0. The van der Waals surface area contributed by atoms with E-state index in [4.69, 9.17) is 21.3 Å². The quantitative estimate of drug-likeness (QED) is 0.373. The number of halogens is 2. The van der Waals surface area contributed by atoms with E-state index in [1.54, 1.807) is 18.2 Å². The zero-order chi connectivity index (χ0) is 21.8. The van der Waals surface area contributed by atoms with Crippen LogP contribution in [0.25, 0.3) is 22.1 Å². The van der Waals surface area contributed by atoms with Crippen molar-refractivity contribution in [2.75, 3.05) is 6.54 Å². The van der Waals surface area contributed by atoms with Crippen LogP contribution in [0, 0.1) is 17.1 Å². The Morgan fingerprint density at radius 2 is 1.94 bits per heavy atom. The molecule has 4 aromatic rings. The lowest BCUT2D eigenvalue weighted by atomic mass is 9.99. The van der Waals surface area contributed by atoms with Crippen molar-refractivity contribution in [1.29, 1.82) is 5.26 Å². The maximum absolute atomic E-state index is 13.4. The lowest BCUT2D eigenvalue weighted by Gasteiger charge is -2.07. The minimum Gasteiger partial charge on any atom is -0.461 e. The van der Waals surface area contributed by atoms with Gasteiger partial charge in [-0.05, 0) is 53.1 Å². The zero-order valence-corrected chi connectivity index (χ0v) is 17.2. The molecule has 0 saturated heterocycles. The molecule has 1 heterocycles. The van der Waals surface area contributed by atoms with Gasteiger partial charge in [0.25, 0.3) is 5.91 Å². The molecule has 0 spiro atoms. The van der Waals surface area contributed by atoms with Gasteiger partial charge in [0.05, 0.1) is 17.5 Å². The second kappa shape index (κ2) is 9.03. The molecule has 0 aliphatic heterocycles. The van der Waals surface area contributed by atoms with E-state index >= 15 is 0 Å². The van der Waals surface area contributed by atoms with Crippen molar-refractivity contribution >= 4 is 28.5 Å². The summed E-state index contributed by atoms with van der Waals surface area (Å²) < 4.78 is 19.4. The number of rotatable bonds is 6. The second-order valence-electron chi connectivity index (χ2n) is 7.10. The smallest absolute Gasteiger partial charge is 0.251 e. The normalized spacial score (nSPS) is 10.7. The van der Waals surface area contributed by atoms with Crippen LogP contribution in [-0.2, 0) is 6.42 Å². The highest BCUT2D eigenvalue weighted by Gasteiger charge is 2.13. The highest BCUT2D eigenvalue weighted by Crippen LogP contribution is 2.32. The Kier molecular flexibility index (Phi) is 6.01. The zero-order valence-electron chi connectivity index (χ0n) is 16.5. The predicted molar refractivity (Wildman–Crippen MR) is 118 cm³/mol. The van der Waals surface area contributed by atoms with E-state index in [0.29, 0.717) is 18.5 Å². The number of carbonyl (C=O) groups excluding carboxylic acids is 1. The van der Waals surface area contributed by atoms with Crippen LogP contribution < -0.4 is 5.32 Å². The van der Waals surface area contributed by atoms with Gasteiger partial charge in [0.2, 0.25) is 0 Å². The van der Waals surface area contributed by atoms with Crippen LogP contribution in [-0.4, -0.2) is 12.5 Å². The van der Waals surface area contributed by atoms with E-state index in [9.17, 15) is 9.18 Å². The lowest BCUT2D eigenvalue weighted by Crippen LogP contribution is -2.24. The topological polar surface area (TPSA) is 66.0 Å². The van der Waals surface area contributed by atoms with Gasteiger partial charge in [-0.25, -0.2) is 4.39 Å². The van der Waals surface area contributed by atoms with E-state index in [1.807, 2.05) is 48.5 Å². The van der Waals surface area contributed by atoms with Gasteiger partial charge < -0.3 is 9.73 Å². The number of amides is 1. The van der Waals surface area contributed by atoms with Gasteiger partial charge in [-0.1, -0.05) is 41.9 Å². The van der Waals surface area contributed by atoms with Crippen molar-refractivity contribution in [2.45, 2.75) is 12.8 Å². The fourth-order valence-electron chi connectivity index (χ4n) is 3.47. The highest BCUT2D eigenvalue weighted by molar-refractivity contribution is 6.30. The van der Waals surface area contributed by atoms with Crippen molar-refractivity contribution in [3.05, 3.63) is 94.5 Å². The number of hydrogen-bond acceptors (Lipinski definition) is 3. The Hall–Kier alpha value is -3.62. The third-order valence-electron chi connectivity index (χ3n) is 4.93. The van der Waals surface area contributed by atoms with E-state index in [0.717, 1.165) is 33.4 Å². The van der Waals surface area contributed by atoms with Crippen molar-refractivity contribution in [3.63, 3.8) is 0 Å². The van der Waals surface area contributed by atoms with E-state index in [1.165, 1.54) is 6.07 Å². The molecule has 3 aromatic carbocycles. The maximum Gasteiger partial charge on any atom is 0.251 e. The largest absolute Gasteiger partial charge is 0.461 e. The van der Waals surface area contributed by atoms with E-state index < -0.39 is 5.82 Å². The summed E-state index contributed by atoms with van der Waals surface area (Å²) in [5, 5.41) is 12.4. The highest BCUT2D eigenvalue weighted by atomic mass is 35.5. The molecule has 6 heteroatoms. The summed E-state index contributed by atoms with van der Waals surface area (Å²) in [7, 11) is 0. The number of furan rings is 1. The summed E-state index contributed by atoms with van der Waals surface area (Å²) in [5.41, 5.74) is 3.93. The molecule has 31 heavy (non-hydrogen) atoms. The molecule has 0 radical (unpaired) electrons. The summed E-state index contributed by atoms with van der Waals surface area (Å²) in [6.45, 7) is 0.313. The fourth-order valence-corrected chi connectivity index (χ4v) is 3.67.